The van der Waals surface area contributed by atoms with Crippen molar-refractivity contribution in [1.82, 2.24) is 10.2 Å². The fourth-order valence-electron chi connectivity index (χ4n) is 2.62. The van der Waals surface area contributed by atoms with Crippen molar-refractivity contribution < 1.29 is 14.3 Å². The first kappa shape index (κ1) is 13.3. The van der Waals surface area contributed by atoms with E-state index >= 15 is 0 Å². The summed E-state index contributed by atoms with van der Waals surface area (Å²) in [5.74, 6) is 0.00455. The molecular formula is C13H22N2O3. The second kappa shape index (κ2) is 5.69. The van der Waals surface area contributed by atoms with Crippen molar-refractivity contribution in [1.29, 1.82) is 0 Å². The van der Waals surface area contributed by atoms with Crippen LogP contribution in [0.5, 0.6) is 0 Å². The zero-order valence-corrected chi connectivity index (χ0v) is 11.1. The number of rotatable bonds is 3. The zero-order valence-electron chi connectivity index (χ0n) is 11.1. The molecule has 2 rings (SSSR count). The number of nitrogens with one attached hydrogen (secondary N) is 1. The number of carbonyl (C=O) groups is 2. The molecule has 3 atom stereocenters. The smallest absolute Gasteiger partial charge is 0.245 e. The molecule has 18 heavy (non-hydrogen) atoms. The first-order valence-electron chi connectivity index (χ1n) is 6.83. The Morgan fingerprint density at radius 2 is 2.17 bits per heavy atom. The minimum Gasteiger partial charge on any atom is -0.373 e. The molecule has 0 saturated carbocycles. The summed E-state index contributed by atoms with van der Waals surface area (Å²) in [7, 11) is 0. The number of amides is 2. The average Bonchev–Trinajstić information content (AvgIpc) is 2.70. The second-order valence-electron chi connectivity index (χ2n) is 5.21. The van der Waals surface area contributed by atoms with Gasteiger partial charge in [0.05, 0.1) is 12.2 Å². The Balaban J connectivity index is 1.97. The SMILES string of the molecule is CCC1NC(=O)CCN(CC2CCC(C)O2)C1=O. The minimum atomic E-state index is -0.362. The highest BCUT2D eigenvalue weighted by molar-refractivity contribution is 5.89. The van der Waals surface area contributed by atoms with Crippen molar-refractivity contribution in [2.24, 2.45) is 0 Å². The molecule has 0 bridgehead atoms. The van der Waals surface area contributed by atoms with Crippen molar-refractivity contribution in [2.45, 2.75) is 57.8 Å². The van der Waals surface area contributed by atoms with Gasteiger partial charge in [-0.1, -0.05) is 6.92 Å². The molecule has 0 radical (unpaired) electrons. The monoisotopic (exact) mass is 254 g/mol. The summed E-state index contributed by atoms with van der Waals surface area (Å²) >= 11 is 0. The summed E-state index contributed by atoms with van der Waals surface area (Å²) in [6.45, 7) is 5.11. The van der Waals surface area contributed by atoms with Gasteiger partial charge >= 0.3 is 0 Å². The molecule has 5 heteroatoms. The summed E-state index contributed by atoms with van der Waals surface area (Å²) in [5, 5.41) is 2.77. The van der Waals surface area contributed by atoms with Gasteiger partial charge in [-0.2, -0.15) is 0 Å². The van der Waals surface area contributed by atoms with Gasteiger partial charge in [0, 0.05) is 19.5 Å². The van der Waals surface area contributed by atoms with E-state index in [4.69, 9.17) is 4.74 Å². The Labute approximate surface area is 108 Å². The van der Waals surface area contributed by atoms with Crippen LogP contribution in [0.1, 0.15) is 39.5 Å². The number of nitrogens with zero attached hydrogens (tertiary/aromatic N) is 1. The third-order valence-corrected chi connectivity index (χ3v) is 3.71. The summed E-state index contributed by atoms with van der Waals surface area (Å²) in [4.78, 5) is 25.5. The van der Waals surface area contributed by atoms with Gasteiger partial charge in [0.25, 0.3) is 0 Å². The maximum Gasteiger partial charge on any atom is 0.245 e. The van der Waals surface area contributed by atoms with E-state index in [1.165, 1.54) is 0 Å². The summed E-state index contributed by atoms with van der Waals surface area (Å²) in [5.41, 5.74) is 0. The van der Waals surface area contributed by atoms with Crippen LogP contribution >= 0.6 is 0 Å². The van der Waals surface area contributed by atoms with E-state index in [0.717, 1.165) is 12.8 Å². The van der Waals surface area contributed by atoms with Gasteiger partial charge in [-0.3, -0.25) is 9.59 Å². The maximum atomic E-state index is 12.2. The number of carbonyl (C=O) groups excluding carboxylic acids is 2. The molecule has 5 nitrogen and oxygen atoms in total. The summed E-state index contributed by atoms with van der Waals surface area (Å²) in [6, 6.07) is -0.362. The molecule has 2 saturated heterocycles. The lowest BCUT2D eigenvalue weighted by atomic mass is 10.1. The number of ether oxygens (including phenoxy) is 1. The topological polar surface area (TPSA) is 58.6 Å². The third kappa shape index (κ3) is 3.02. The van der Waals surface area contributed by atoms with E-state index in [1.54, 1.807) is 4.90 Å². The second-order valence-corrected chi connectivity index (χ2v) is 5.21. The molecule has 2 fully saturated rings. The third-order valence-electron chi connectivity index (χ3n) is 3.71. The van der Waals surface area contributed by atoms with E-state index in [2.05, 4.69) is 12.2 Å². The van der Waals surface area contributed by atoms with E-state index in [1.807, 2.05) is 6.92 Å². The molecular weight excluding hydrogens is 232 g/mol. The Bertz CT molecular complexity index is 332. The predicted molar refractivity (Wildman–Crippen MR) is 67.0 cm³/mol. The number of hydrogen-bond acceptors (Lipinski definition) is 3. The van der Waals surface area contributed by atoms with Crippen molar-refractivity contribution in [3.63, 3.8) is 0 Å². The van der Waals surface area contributed by atoms with Crippen LogP contribution in [0.15, 0.2) is 0 Å². The molecule has 0 aliphatic carbocycles. The predicted octanol–water partition coefficient (Wildman–Crippen LogP) is 0.681. The van der Waals surface area contributed by atoms with Gasteiger partial charge in [0.15, 0.2) is 0 Å². The fourth-order valence-corrected chi connectivity index (χ4v) is 2.62. The highest BCUT2D eigenvalue weighted by atomic mass is 16.5. The maximum absolute atomic E-state index is 12.2. The van der Waals surface area contributed by atoms with Crippen LogP contribution in [0.2, 0.25) is 0 Å². The van der Waals surface area contributed by atoms with Crippen LogP contribution in [-0.4, -0.2) is 48.1 Å². The molecule has 0 aromatic carbocycles. The van der Waals surface area contributed by atoms with E-state index < -0.39 is 0 Å². The highest BCUT2D eigenvalue weighted by Crippen LogP contribution is 2.20. The summed E-state index contributed by atoms with van der Waals surface area (Å²) in [6.07, 6.45) is 3.52. The fraction of sp³-hybridized carbons (Fsp3) is 0.846. The minimum absolute atomic E-state index is 0.0293. The lowest BCUT2D eigenvalue weighted by Crippen LogP contribution is -2.46. The molecule has 2 heterocycles. The molecule has 2 amide bonds. The Morgan fingerprint density at radius 1 is 1.39 bits per heavy atom. The van der Waals surface area contributed by atoms with Gasteiger partial charge in [0.2, 0.25) is 11.8 Å². The van der Waals surface area contributed by atoms with Crippen molar-refractivity contribution in [3.8, 4) is 0 Å². The van der Waals surface area contributed by atoms with Gasteiger partial charge < -0.3 is 15.0 Å². The largest absolute Gasteiger partial charge is 0.373 e. The molecule has 0 aromatic rings. The van der Waals surface area contributed by atoms with Gasteiger partial charge in [0.1, 0.15) is 6.04 Å². The molecule has 102 valence electrons. The van der Waals surface area contributed by atoms with Crippen LogP contribution in [0.3, 0.4) is 0 Å². The summed E-state index contributed by atoms with van der Waals surface area (Å²) < 4.78 is 5.75. The molecule has 2 aliphatic heterocycles. The Kier molecular flexibility index (Phi) is 4.22. The standard InChI is InChI=1S/C13H22N2O3/c1-3-11-13(17)15(7-6-12(16)14-11)8-10-5-4-9(2)18-10/h9-11H,3-8H2,1-2H3,(H,14,16). The van der Waals surface area contributed by atoms with Crippen molar-refractivity contribution in [3.05, 3.63) is 0 Å². The van der Waals surface area contributed by atoms with Crippen LogP contribution < -0.4 is 5.32 Å². The van der Waals surface area contributed by atoms with Crippen LogP contribution in [0.25, 0.3) is 0 Å². The quantitative estimate of drug-likeness (QED) is 0.806. The lowest BCUT2D eigenvalue weighted by Gasteiger charge is -2.26. The van der Waals surface area contributed by atoms with E-state index in [0.29, 0.717) is 32.0 Å². The van der Waals surface area contributed by atoms with Gasteiger partial charge in [-0.05, 0) is 26.2 Å². The normalized spacial score (nSPS) is 33.4. The highest BCUT2D eigenvalue weighted by Gasteiger charge is 2.32. The van der Waals surface area contributed by atoms with Crippen LogP contribution in [0, 0.1) is 0 Å². The van der Waals surface area contributed by atoms with Crippen LogP contribution in [-0.2, 0) is 14.3 Å². The molecule has 2 aliphatic rings. The van der Waals surface area contributed by atoms with E-state index in [9.17, 15) is 9.59 Å². The zero-order chi connectivity index (χ0) is 13.1. The first-order valence-corrected chi connectivity index (χ1v) is 6.83. The number of hydrogen-bond donors (Lipinski definition) is 1. The van der Waals surface area contributed by atoms with Crippen molar-refractivity contribution >= 4 is 11.8 Å². The Morgan fingerprint density at radius 3 is 2.78 bits per heavy atom. The van der Waals surface area contributed by atoms with Gasteiger partial charge in [-0.25, -0.2) is 0 Å². The Hall–Kier alpha value is -1.10. The van der Waals surface area contributed by atoms with E-state index in [-0.39, 0.29) is 24.0 Å². The molecule has 0 spiro atoms. The molecule has 1 N–H and O–H groups in total. The molecule has 3 unspecified atom stereocenters. The molecule has 0 aromatic heterocycles. The lowest BCUT2D eigenvalue weighted by molar-refractivity contribution is -0.135. The van der Waals surface area contributed by atoms with Crippen molar-refractivity contribution in [2.75, 3.05) is 13.1 Å². The average molecular weight is 254 g/mol. The van der Waals surface area contributed by atoms with Crippen LogP contribution in [0.4, 0.5) is 0 Å². The first-order chi connectivity index (χ1) is 8.60. The van der Waals surface area contributed by atoms with Gasteiger partial charge in [-0.15, -0.1) is 0 Å².